The highest BCUT2D eigenvalue weighted by Crippen LogP contribution is 2.34. The molecule has 0 saturated heterocycles. The lowest BCUT2D eigenvalue weighted by atomic mass is 10.1. The summed E-state index contributed by atoms with van der Waals surface area (Å²) in [4.78, 5) is 26.6. The highest BCUT2D eigenvalue weighted by atomic mass is 16.5. The van der Waals surface area contributed by atoms with Gasteiger partial charge in [-0.1, -0.05) is 6.07 Å². The van der Waals surface area contributed by atoms with E-state index >= 15 is 0 Å². The molecule has 0 aliphatic carbocycles. The van der Waals surface area contributed by atoms with E-state index in [2.05, 4.69) is 5.32 Å². The van der Waals surface area contributed by atoms with E-state index in [-0.39, 0.29) is 11.8 Å². The van der Waals surface area contributed by atoms with Gasteiger partial charge in [0.2, 0.25) is 0 Å². The Labute approximate surface area is 153 Å². The Kier molecular flexibility index (Phi) is 5.87. The van der Waals surface area contributed by atoms with Crippen molar-refractivity contribution in [2.45, 2.75) is 13.8 Å². The number of carbonyl (C=O) groups is 2. The van der Waals surface area contributed by atoms with Crippen LogP contribution in [0.4, 0.5) is 5.69 Å². The minimum absolute atomic E-state index is 0.249. The lowest BCUT2D eigenvalue weighted by molar-refractivity contribution is 0.0828. The van der Waals surface area contributed by atoms with Crippen LogP contribution in [0.5, 0.6) is 11.5 Å². The molecule has 0 saturated carbocycles. The van der Waals surface area contributed by atoms with Crippen molar-refractivity contribution in [2.24, 2.45) is 0 Å². The Hall–Kier alpha value is -3.02. The molecule has 6 heteroatoms. The molecule has 0 atom stereocenters. The molecule has 0 heterocycles. The monoisotopic (exact) mass is 356 g/mol. The summed E-state index contributed by atoms with van der Waals surface area (Å²) in [6.07, 6.45) is 0. The largest absolute Gasteiger partial charge is 0.493 e. The molecule has 26 heavy (non-hydrogen) atoms. The Morgan fingerprint density at radius 1 is 0.923 bits per heavy atom. The average molecular weight is 356 g/mol. The lowest BCUT2D eigenvalue weighted by Crippen LogP contribution is -2.24. The Bertz CT molecular complexity index is 844. The summed E-state index contributed by atoms with van der Waals surface area (Å²) in [5.41, 5.74) is 3.34. The number of benzene rings is 2. The van der Waals surface area contributed by atoms with E-state index in [0.717, 1.165) is 11.1 Å². The van der Waals surface area contributed by atoms with Gasteiger partial charge in [-0.25, -0.2) is 0 Å². The van der Waals surface area contributed by atoms with Gasteiger partial charge in [0.25, 0.3) is 11.8 Å². The van der Waals surface area contributed by atoms with Gasteiger partial charge in [0.05, 0.1) is 25.5 Å². The van der Waals surface area contributed by atoms with Crippen LogP contribution in [0.3, 0.4) is 0 Å². The molecule has 0 spiro atoms. The lowest BCUT2D eigenvalue weighted by Gasteiger charge is -2.18. The smallest absolute Gasteiger partial charge is 0.255 e. The van der Waals surface area contributed by atoms with Crippen LogP contribution in [0.25, 0.3) is 0 Å². The first-order valence-corrected chi connectivity index (χ1v) is 8.14. The number of nitrogens with zero attached hydrogens (tertiary/aromatic N) is 1. The molecule has 0 aliphatic rings. The molecule has 0 radical (unpaired) electrons. The normalized spacial score (nSPS) is 10.2. The number of ether oxygens (including phenoxy) is 2. The van der Waals surface area contributed by atoms with E-state index < -0.39 is 0 Å². The molecule has 0 unspecified atom stereocenters. The van der Waals surface area contributed by atoms with E-state index in [9.17, 15) is 9.59 Å². The number of anilines is 1. The first-order chi connectivity index (χ1) is 12.3. The minimum Gasteiger partial charge on any atom is -0.493 e. The van der Waals surface area contributed by atoms with Gasteiger partial charge in [0, 0.05) is 25.7 Å². The molecule has 0 aliphatic heterocycles. The molecule has 2 rings (SSSR count). The van der Waals surface area contributed by atoms with Crippen molar-refractivity contribution in [3.8, 4) is 11.5 Å². The van der Waals surface area contributed by atoms with Crippen LogP contribution < -0.4 is 14.8 Å². The van der Waals surface area contributed by atoms with Crippen LogP contribution in [0, 0.1) is 13.8 Å². The molecule has 2 amide bonds. The standard InChI is InChI=1S/C20H24N2O4/c1-12-7-8-14(9-13(12)2)19(23)21-16-11-18(26-6)17(25-5)10-15(16)20(24)22(3)4/h7-11H,1-6H3,(H,21,23). The SMILES string of the molecule is COc1cc(NC(=O)c2ccc(C)c(C)c2)c(C(=O)N(C)C)cc1OC. The van der Waals surface area contributed by atoms with Crippen LogP contribution in [0.1, 0.15) is 31.8 Å². The number of rotatable bonds is 5. The molecule has 6 nitrogen and oxygen atoms in total. The molecule has 1 N–H and O–H groups in total. The third-order valence-corrected chi connectivity index (χ3v) is 4.18. The summed E-state index contributed by atoms with van der Waals surface area (Å²) >= 11 is 0. The van der Waals surface area contributed by atoms with Crippen LogP contribution in [0.15, 0.2) is 30.3 Å². The summed E-state index contributed by atoms with van der Waals surface area (Å²) in [5.74, 6) is 0.300. The predicted octanol–water partition coefficient (Wildman–Crippen LogP) is 3.27. The van der Waals surface area contributed by atoms with Gasteiger partial charge in [0.15, 0.2) is 11.5 Å². The molecular weight excluding hydrogens is 332 g/mol. The first-order valence-electron chi connectivity index (χ1n) is 8.14. The third kappa shape index (κ3) is 3.96. The molecule has 0 bridgehead atoms. The number of aryl methyl sites for hydroxylation is 2. The zero-order valence-electron chi connectivity index (χ0n) is 16.0. The minimum atomic E-state index is -0.298. The average Bonchev–Trinajstić information content (AvgIpc) is 2.62. The number of hydrogen-bond donors (Lipinski definition) is 1. The van der Waals surface area contributed by atoms with Gasteiger partial charge in [-0.2, -0.15) is 0 Å². The zero-order chi connectivity index (χ0) is 19.4. The van der Waals surface area contributed by atoms with Crippen molar-refractivity contribution in [3.63, 3.8) is 0 Å². The second-order valence-corrected chi connectivity index (χ2v) is 6.21. The summed E-state index contributed by atoms with van der Waals surface area (Å²) in [5, 5.41) is 2.81. The van der Waals surface area contributed by atoms with Crippen molar-refractivity contribution in [2.75, 3.05) is 33.6 Å². The van der Waals surface area contributed by atoms with Crippen LogP contribution in [-0.2, 0) is 0 Å². The fourth-order valence-corrected chi connectivity index (χ4v) is 2.48. The molecule has 0 fully saturated rings. The molecule has 2 aromatic rings. The van der Waals surface area contributed by atoms with E-state index in [1.54, 1.807) is 32.3 Å². The number of nitrogens with one attached hydrogen (secondary N) is 1. The Morgan fingerprint density at radius 3 is 2.08 bits per heavy atom. The molecule has 138 valence electrons. The van der Waals surface area contributed by atoms with Gasteiger partial charge in [-0.15, -0.1) is 0 Å². The predicted molar refractivity (Wildman–Crippen MR) is 101 cm³/mol. The topological polar surface area (TPSA) is 67.9 Å². The van der Waals surface area contributed by atoms with Crippen molar-refractivity contribution < 1.29 is 19.1 Å². The van der Waals surface area contributed by atoms with E-state index in [4.69, 9.17) is 9.47 Å². The number of carbonyl (C=O) groups excluding carboxylic acids is 2. The van der Waals surface area contributed by atoms with Crippen molar-refractivity contribution in [3.05, 3.63) is 52.6 Å². The van der Waals surface area contributed by atoms with Gasteiger partial charge in [-0.05, 0) is 43.2 Å². The summed E-state index contributed by atoms with van der Waals surface area (Å²) < 4.78 is 10.6. The third-order valence-electron chi connectivity index (χ3n) is 4.18. The highest BCUT2D eigenvalue weighted by Gasteiger charge is 2.20. The number of amides is 2. The first kappa shape index (κ1) is 19.3. The molecular formula is C20H24N2O4. The maximum Gasteiger partial charge on any atom is 0.255 e. The van der Waals surface area contributed by atoms with Gasteiger partial charge in [-0.3, -0.25) is 9.59 Å². The fraction of sp³-hybridized carbons (Fsp3) is 0.300. The van der Waals surface area contributed by atoms with Crippen molar-refractivity contribution in [1.82, 2.24) is 4.90 Å². The van der Waals surface area contributed by atoms with Gasteiger partial charge < -0.3 is 19.7 Å². The van der Waals surface area contributed by atoms with E-state index in [1.807, 2.05) is 26.0 Å². The van der Waals surface area contributed by atoms with Crippen molar-refractivity contribution in [1.29, 1.82) is 0 Å². The van der Waals surface area contributed by atoms with Crippen molar-refractivity contribution >= 4 is 17.5 Å². The van der Waals surface area contributed by atoms with Crippen LogP contribution in [0.2, 0.25) is 0 Å². The molecule has 0 aromatic heterocycles. The van der Waals surface area contributed by atoms with Crippen LogP contribution in [-0.4, -0.2) is 45.0 Å². The highest BCUT2D eigenvalue weighted by molar-refractivity contribution is 6.09. The summed E-state index contributed by atoms with van der Waals surface area (Å²) in [6.45, 7) is 3.93. The quantitative estimate of drug-likeness (QED) is 0.893. The summed E-state index contributed by atoms with van der Waals surface area (Å²) in [6, 6.07) is 8.63. The maximum atomic E-state index is 12.7. The van der Waals surface area contributed by atoms with Crippen LogP contribution >= 0.6 is 0 Å². The Morgan fingerprint density at radius 2 is 1.54 bits per heavy atom. The zero-order valence-corrected chi connectivity index (χ0v) is 16.0. The van der Waals surface area contributed by atoms with E-state index in [1.165, 1.54) is 19.1 Å². The second kappa shape index (κ2) is 7.91. The fourth-order valence-electron chi connectivity index (χ4n) is 2.48. The maximum absolute atomic E-state index is 12.7. The number of methoxy groups -OCH3 is 2. The molecule has 2 aromatic carbocycles. The summed E-state index contributed by atoms with van der Waals surface area (Å²) in [7, 11) is 6.29. The van der Waals surface area contributed by atoms with Gasteiger partial charge >= 0.3 is 0 Å². The number of hydrogen-bond acceptors (Lipinski definition) is 4. The van der Waals surface area contributed by atoms with E-state index in [0.29, 0.717) is 28.3 Å². The second-order valence-electron chi connectivity index (χ2n) is 6.21. The Balaban J connectivity index is 2.47. The van der Waals surface area contributed by atoms with Gasteiger partial charge in [0.1, 0.15) is 0 Å².